The SMILES string of the molecule is OC1=CC[CH]C(c2ccc(Cl)cc2)=C1Br. The van der Waals surface area contributed by atoms with Crippen molar-refractivity contribution in [3.8, 4) is 0 Å². The molecule has 3 heteroatoms. The highest BCUT2D eigenvalue weighted by Crippen LogP contribution is 2.34. The summed E-state index contributed by atoms with van der Waals surface area (Å²) >= 11 is 9.19. The van der Waals surface area contributed by atoms with Gasteiger partial charge in [-0.1, -0.05) is 23.7 Å². The molecular weight excluding hydrogens is 275 g/mol. The first-order valence-corrected chi connectivity index (χ1v) is 5.74. The highest BCUT2D eigenvalue weighted by atomic mass is 79.9. The summed E-state index contributed by atoms with van der Waals surface area (Å²) in [4.78, 5) is 0. The van der Waals surface area contributed by atoms with Gasteiger partial charge in [0, 0.05) is 5.02 Å². The zero-order valence-electron chi connectivity index (χ0n) is 7.87. The number of aliphatic hydroxyl groups is 1. The summed E-state index contributed by atoms with van der Waals surface area (Å²) in [5.41, 5.74) is 2.05. The van der Waals surface area contributed by atoms with Gasteiger partial charge >= 0.3 is 0 Å². The Labute approximate surface area is 102 Å². The Kier molecular flexibility index (Phi) is 3.17. The zero-order chi connectivity index (χ0) is 10.8. The molecule has 1 aliphatic carbocycles. The Bertz CT molecular complexity index is 431. The smallest absolute Gasteiger partial charge is 0.126 e. The van der Waals surface area contributed by atoms with Crippen LogP contribution >= 0.6 is 27.5 Å². The Hall–Kier alpha value is -0.730. The van der Waals surface area contributed by atoms with Gasteiger partial charge in [-0.2, -0.15) is 0 Å². The van der Waals surface area contributed by atoms with Crippen LogP contribution < -0.4 is 0 Å². The van der Waals surface area contributed by atoms with E-state index in [0.717, 1.165) is 22.0 Å². The van der Waals surface area contributed by atoms with E-state index in [1.807, 2.05) is 24.3 Å². The van der Waals surface area contributed by atoms with Crippen molar-refractivity contribution in [2.75, 3.05) is 0 Å². The molecule has 1 N–H and O–H groups in total. The van der Waals surface area contributed by atoms with E-state index in [2.05, 4.69) is 22.4 Å². The Morgan fingerprint density at radius 3 is 2.53 bits per heavy atom. The molecule has 0 heterocycles. The Morgan fingerprint density at radius 1 is 1.20 bits per heavy atom. The normalized spacial score (nSPS) is 16.5. The van der Waals surface area contributed by atoms with Gasteiger partial charge in [0.2, 0.25) is 0 Å². The topological polar surface area (TPSA) is 20.2 Å². The molecule has 1 nitrogen and oxygen atoms in total. The lowest BCUT2D eigenvalue weighted by atomic mass is 9.97. The van der Waals surface area contributed by atoms with Crippen LogP contribution in [0.2, 0.25) is 5.02 Å². The summed E-state index contributed by atoms with van der Waals surface area (Å²) in [6.45, 7) is 0. The van der Waals surface area contributed by atoms with Crippen molar-refractivity contribution in [2.24, 2.45) is 0 Å². The average molecular weight is 285 g/mol. The van der Waals surface area contributed by atoms with E-state index >= 15 is 0 Å². The van der Waals surface area contributed by atoms with E-state index in [9.17, 15) is 5.11 Å². The first-order chi connectivity index (χ1) is 7.18. The van der Waals surface area contributed by atoms with Crippen molar-refractivity contribution in [1.29, 1.82) is 0 Å². The molecule has 0 saturated heterocycles. The number of hydrogen-bond donors (Lipinski definition) is 1. The number of rotatable bonds is 1. The van der Waals surface area contributed by atoms with Crippen molar-refractivity contribution in [1.82, 2.24) is 0 Å². The molecule has 0 amide bonds. The van der Waals surface area contributed by atoms with Crippen LogP contribution in [0.25, 0.3) is 5.57 Å². The molecule has 2 rings (SSSR count). The van der Waals surface area contributed by atoms with E-state index < -0.39 is 0 Å². The molecule has 0 bridgehead atoms. The number of aliphatic hydroxyl groups excluding tert-OH is 1. The van der Waals surface area contributed by atoms with Gasteiger partial charge in [0.25, 0.3) is 0 Å². The van der Waals surface area contributed by atoms with Gasteiger partial charge in [-0.05, 0) is 58.1 Å². The number of halogens is 2. The van der Waals surface area contributed by atoms with E-state index in [1.54, 1.807) is 6.08 Å². The van der Waals surface area contributed by atoms with Crippen LogP contribution in [0.3, 0.4) is 0 Å². The van der Waals surface area contributed by atoms with Crippen LogP contribution in [-0.2, 0) is 0 Å². The van der Waals surface area contributed by atoms with Gasteiger partial charge in [0.15, 0.2) is 0 Å². The van der Waals surface area contributed by atoms with E-state index in [4.69, 9.17) is 11.6 Å². The summed E-state index contributed by atoms with van der Waals surface area (Å²) < 4.78 is 0.732. The molecule has 0 fully saturated rings. The van der Waals surface area contributed by atoms with Crippen molar-refractivity contribution >= 4 is 33.1 Å². The lowest BCUT2D eigenvalue weighted by molar-refractivity contribution is 0.427. The fourth-order valence-corrected chi connectivity index (χ4v) is 2.16. The van der Waals surface area contributed by atoms with Gasteiger partial charge in [-0.3, -0.25) is 0 Å². The lowest BCUT2D eigenvalue weighted by Crippen LogP contribution is -1.96. The first kappa shape index (κ1) is 10.8. The molecule has 77 valence electrons. The van der Waals surface area contributed by atoms with Gasteiger partial charge in [0.05, 0.1) is 4.48 Å². The van der Waals surface area contributed by atoms with Gasteiger partial charge in [0.1, 0.15) is 5.76 Å². The van der Waals surface area contributed by atoms with E-state index in [0.29, 0.717) is 10.8 Å². The zero-order valence-corrected chi connectivity index (χ0v) is 10.2. The second-order valence-corrected chi connectivity index (χ2v) is 4.49. The molecule has 0 saturated carbocycles. The highest BCUT2D eigenvalue weighted by Gasteiger charge is 2.14. The molecule has 0 aliphatic heterocycles. The molecule has 15 heavy (non-hydrogen) atoms. The summed E-state index contributed by atoms with van der Waals surface area (Å²) in [5.74, 6) is 0.294. The molecule has 0 unspecified atom stereocenters. The first-order valence-electron chi connectivity index (χ1n) is 4.57. The minimum absolute atomic E-state index is 0.294. The standard InChI is InChI=1S/C12H9BrClO/c13-12-10(2-1-3-11(12)15)8-4-6-9(14)7-5-8/h2-7,15H,1H2. The van der Waals surface area contributed by atoms with Crippen LogP contribution in [0.5, 0.6) is 0 Å². The maximum Gasteiger partial charge on any atom is 0.126 e. The van der Waals surface area contributed by atoms with E-state index in [-0.39, 0.29) is 0 Å². The molecule has 0 aromatic heterocycles. The van der Waals surface area contributed by atoms with Crippen molar-refractivity contribution in [3.05, 3.63) is 57.6 Å². The van der Waals surface area contributed by atoms with Gasteiger partial charge in [-0.25, -0.2) is 0 Å². The molecular formula is C12H9BrClO. The average Bonchev–Trinajstić information content (AvgIpc) is 2.24. The summed E-state index contributed by atoms with van der Waals surface area (Å²) in [6.07, 6.45) is 4.58. The number of allylic oxidation sites excluding steroid dienone is 3. The van der Waals surface area contributed by atoms with Crippen molar-refractivity contribution in [2.45, 2.75) is 6.42 Å². The third kappa shape index (κ3) is 2.27. The molecule has 1 radical (unpaired) electrons. The highest BCUT2D eigenvalue weighted by molar-refractivity contribution is 9.12. The summed E-state index contributed by atoms with van der Waals surface area (Å²) in [5, 5.41) is 10.3. The monoisotopic (exact) mass is 283 g/mol. The van der Waals surface area contributed by atoms with Gasteiger partial charge in [-0.15, -0.1) is 0 Å². The lowest BCUT2D eigenvalue weighted by Gasteiger charge is -2.14. The Balaban J connectivity index is 2.42. The van der Waals surface area contributed by atoms with Crippen LogP contribution in [0.4, 0.5) is 0 Å². The van der Waals surface area contributed by atoms with Crippen molar-refractivity contribution < 1.29 is 5.11 Å². The van der Waals surface area contributed by atoms with E-state index in [1.165, 1.54) is 0 Å². The third-order valence-corrected chi connectivity index (χ3v) is 3.34. The minimum Gasteiger partial charge on any atom is -0.507 e. The maximum absolute atomic E-state index is 9.57. The number of benzene rings is 1. The van der Waals surface area contributed by atoms with Gasteiger partial charge < -0.3 is 5.11 Å². The van der Waals surface area contributed by atoms with Crippen LogP contribution in [0.1, 0.15) is 12.0 Å². The second-order valence-electron chi connectivity index (χ2n) is 3.26. The fourth-order valence-electron chi connectivity index (χ4n) is 1.48. The number of hydrogen-bond acceptors (Lipinski definition) is 1. The van der Waals surface area contributed by atoms with Crippen LogP contribution in [-0.4, -0.2) is 5.11 Å². The maximum atomic E-state index is 9.57. The third-order valence-electron chi connectivity index (χ3n) is 2.25. The predicted octanol–water partition coefficient (Wildman–Crippen LogP) is 4.50. The summed E-state index contributed by atoms with van der Waals surface area (Å²) in [7, 11) is 0. The van der Waals surface area contributed by atoms with Crippen LogP contribution in [0.15, 0.2) is 40.6 Å². The quantitative estimate of drug-likeness (QED) is 0.805. The Morgan fingerprint density at radius 2 is 1.87 bits per heavy atom. The molecule has 0 atom stereocenters. The molecule has 1 aromatic rings. The minimum atomic E-state index is 0.294. The second kappa shape index (κ2) is 4.42. The fraction of sp³-hybridized carbons (Fsp3) is 0.0833. The van der Waals surface area contributed by atoms with Crippen LogP contribution in [0, 0.1) is 6.42 Å². The van der Waals surface area contributed by atoms with Crippen molar-refractivity contribution in [3.63, 3.8) is 0 Å². The molecule has 1 aromatic carbocycles. The summed E-state index contributed by atoms with van der Waals surface area (Å²) in [6, 6.07) is 7.56. The predicted molar refractivity (Wildman–Crippen MR) is 66.9 cm³/mol. The molecule has 0 spiro atoms. The largest absolute Gasteiger partial charge is 0.507 e. The molecule has 1 aliphatic rings.